The van der Waals surface area contributed by atoms with Crippen molar-refractivity contribution >= 4 is 70.1 Å². The average Bonchev–Trinajstić information content (AvgIpc) is 3.52. The van der Waals surface area contributed by atoms with Gasteiger partial charge < -0.3 is 4.90 Å². The molecule has 0 saturated carbocycles. The van der Waals surface area contributed by atoms with Crippen LogP contribution < -0.4 is 4.90 Å². The molecule has 1 heterocycles. The van der Waals surface area contributed by atoms with Crippen LogP contribution in [0.15, 0.2) is 176 Å². The molecule has 0 aliphatic rings. The van der Waals surface area contributed by atoms with Crippen LogP contribution in [0.5, 0.6) is 0 Å². The number of thiophene rings is 1. The lowest BCUT2D eigenvalue weighted by molar-refractivity contribution is 1.30. The third-order valence-electron chi connectivity index (χ3n) is 9.06. The van der Waals surface area contributed by atoms with Crippen molar-refractivity contribution in [2.75, 3.05) is 4.90 Å². The van der Waals surface area contributed by atoms with Crippen LogP contribution in [0.4, 0.5) is 17.1 Å². The zero-order valence-electron chi connectivity index (χ0n) is 25.1. The van der Waals surface area contributed by atoms with E-state index in [1.807, 2.05) is 11.3 Å². The van der Waals surface area contributed by atoms with Crippen molar-refractivity contribution in [3.8, 4) is 22.3 Å². The second-order valence-electron chi connectivity index (χ2n) is 11.8. The largest absolute Gasteiger partial charge is 0.310 e. The highest BCUT2D eigenvalue weighted by Gasteiger charge is 2.18. The Morgan fingerprint density at radius 2 is 0.913 bits per heavy atom. The first-order chi connectivity index (χ1) is 22.8. The minimum atomic E-state index is 1.13. The van der Waals surface area contributed by atoms with Crippen molar-refractivity contribution in [2.24, 2.45) is 0 Å². The molecule has 0 unspecified atom stereocenters. The van der Waals surface area contributed by atoms with Crippen LogP contribution in [0, 0.1) is 0 Å². The number of anilines is 3. The minimum Gasteiger partial charge on any atom is -0.310 e. The molecule has 0 N–H and O–H groups in total. The summed E-state index contributed by atoms with van der Waals surface area (Å²) in [5.74, 6) is 0. The van der Waals surface area contributed by atoms with Crippen molar-refractivity contribution in [1.82, 2.24) is 0 Å². The minimum absolute atomic E-state index is 1.13. The summed E-state index contributed by atoms with van der Waals surface area (Å²) < 4.78 is 2.67. The first kappa shape index (κ1) is 26.7. The molecular weight excluding hydrogens is 575 g/mol. The van der Waals surface area contributed by atoms with Gasteiger partial charge in [-0.3, -0.25) is 0 Å². The van der Waals surface area contributed by atoms with E-state index in [1.165, 1.54) is 69.7 Å². The second-order valence-corrected chi connectivity index (χ2v) is 12.8. The highest BCUT2D eigenvalue weighted by molar-refractivity contribution is 7.26. The smallest absolute Gasteiger partial charge is 0.0540 e. The van der Waals surface area contributed by atoms with Gasteiger partial charge in [0.05, 0.1) is 5.69 Å². The van der Waals surface area contributed by atoms with E-state index in [2.05, 4.69) is 181 Å². The van der Waals surface area contributed by atoms with Gasteiger partial charge in [0.1, 0.15) is 0 Å². The predicted octanol–water partition coefficient (Wildman–Crippen LogP) is 13.2. The molecular formula is C44H29NS. The Balaban J connectivity index is 1.20. The molecule has 2 heteroatoms. The number of fused-ring (bicyclic) bond motifs is 6. The summed E-state index contributed by atoms with van der Waals surface area (Å²) in [4.78, 5) is 2.40. The summed E-state index contributed by atoms with van der Waals surface area (Å²) in [6.45, 7) is 0. The highest BCUT2D eigenvalue weighted by Crippen LogP contribution is 2.44. The third-order valence-corrected chi connectivity index (χ3v) is 10.3. The summed E-state index contributed by atoms with van der Waals surface area (Å²) in [5.41, 5.74) is 8.28. The molecule has 0 radical (unpaired) electrons. The first-order valence-electron chi connectivity index (χ1n) is 15.7. The van der Waals surface area contributed by atoms with Crippen LogP contribution in [-0.2, 0) is 0 Å². The molecule has 0 spiro atoms. The van der Waals surface area contributed by atoms with Gasteiger partial charge in [-0.2, -0.15) is 0 Å². The molecule has 9 aromatic rings. The Hall–Kier alpha value is -5.70. The lowest BCUT2D eigenvalue weighted by Gasteiger charge is -2.27. The van der Waals surface area contributed by atoms with Gasteiger partial charge in [0.15, 0.2) is 0 Å². The fraction of sp³-hybridized carbons (Fsp3) is 0. The number of hydrogen-bond acceptors (Lipinski definition) is 2. The molecule has 0 fully saturated rings. The van der Waals surface area contributed by atoms with Gasteiger partial charge in [0.2, 0.25) is 0 Å². The Labute approximate surface area is 272 Å². The van der Waals surface area contributed by atoms with E-state index >= 15 is 0 Å². The Bertz CT molecular complexity index is 2510. The van der Waals surface area contributed by atoms with E-state index < -0.39 is 0 Å². The van der Waals surface area contributed by atoms with Gasteiger partial charge in [-0.15, -0.1) is 11.3 Å². The number of nitrogens with zero attached hydrogens (tertiary/aromatic N) is 1. The molecule has 0 atom stereocenters. The molecule has 8 aromatic carbocycles. The summed E-state index contributed by atoms with van der Waals surface area (Å²) in [6, 6.07) is 63.9. The topological polar surface area (TPSA) is 3.24 Å². The lowest BCUT2D eigenvalue weighted by atomic mass is 10.00. The molecule has 0 aliphatic heterocycles. The van der Waals surface area contributed by atoms with E-state index in [-0.39, 0.29) is 0 Å². The summed E-state index contributed by atoms with van der Waals surface area (Å²) in [7, 11) is 0. The standard InChI is InChI=1S/C44H29NS/c1-2-9-30(10-3-1)32-19-23-36(24-20-32)45(37-25-21-33(22-26-37)35-18-17-31-11-4-5-12-34(31)29-35)42-15-8-14-40-38(42)27-28-41-39-13-6-7-16-43(39)46-44(40)41/h1-29H. The van der Waals surface area contributed by atoms with Crippen LogP contribution in [0.25, 0.3) is 64.0 Å². The number of benzene rings is 8. The SMILES string of the molecule is c1ccc(-c2ccc(N(c3ccc(-c4ccc5ccccc5c4)cc3)c3cccc4c3ccc3c5ccccc5sc43)cc2)cc1. The molecule has 1 nitrogen and oxygen atoms in total. The molecule has 216 valence electrons. The Morgan fingerprint density at radius 3 is 1.70 bits per heavy atom. The zero-order chi connectivity index (χ0) is 30.5. The predicted molar refractivity (Wildman–Crippen MR) is 200 cm³/mol. The van der Waals surface area contributed by atoms with Crippen molar-refractivity contribution in [3.63, 3.8) is 0 Å². The number of hydrogen-bond donors (Lipinski definition) is 0. The van der Waals surface area contributed by atoms with Crippen LogP contribution in [0.1, 0.15) is 0 Å². The quantitative estimate of drug-likeness (QED) is 0.189. The van der Waals surface area contributed by atoms with Crippen molar-refractivity contribution in [2.45, 2.75) is 0 Å². The number of rotatable bonds is 5. The van der Waals surface area contributed by atoms with Crippen molar-refractivity contribution < 1.29 is 0 Å². The highest BCUT2D eigenvalue weighted by atomic mass is 32.1. The Morgan fingerprint density at radius 1 is 0.348 bits per heavy atom. The fourth-order valence-electron chi connectivity index (χ4n) is 6.75. The molecule has 0 aliphatic carbocycles. The lowest BCUT2D eigenvalue weighted by Crippen LogP contribution is -2.10. The van der Waals surface area contributed by atoms with E-state index in [0.29, 0.717) is 0 Å². The van der Waals surface area contributed by atoms with Gasteiger partial charge in [0.25, 0.3) is 0 Å². The average molecular weight is 604 g/mol. The maximum atomic E-state index is 2.40. The maximum Gasteiger partial charge on any atom is 0.0540 e. The van der Waals surface area contributed by atoms with E-state index in [9.17, 15) is 0 Å². The van der Waals surface area contributed by atoms with Gasteiger partial charge in [-0.1, -0.05) is 133 Å². The van der Waals surface area contributed by atoms with Crippen LogP contribution in [0.2, 0.25) is 0 Å². The Kier molecular flexibility index (Phi) is 6.40. The summed E-state index contributed by atoms with van der Waals surface area (Å²) in [6.07, 6.45) is 0. The van der Waals surface area contributed by atoms with E-state index in [0.717, 1.165) is 11.4 Å². The molecule has 9 rings (SSSR count). The normalized spacial score (nSPS) is 11.5. The van der Waals surface area contributed by atoms with Gasteiger partial charge in [0, 0.05) is 42.3 Å². The van der Waals surface area contributed by atoms with Crippen LogP contribution in [0.3, 0.4) is 0 Å². The molecule has 46 heavy (non-hydrogen) atoms. The van der Waals surface area contributed by atoms with Crippen molar-refractivity contribution in [1.29, 1.82) is 0 Å². The van der Waals surface area contributed by atoms with Crippen LogP contribution in [-0.4, -0.2) is 0 Å². The fourth-order valence-corrected chi connectivity index (χ4v) is 7.98. The molecule has 0 saturated heterocycles. The summed E-state index contributed by atoms with van der Waals surface area (Å²) in [5, 5.41) is 7.70. The second kappa shape index (κ2) is 11.0. The molecule has 1 aromatic heterocycles. The van der Waals surface area contributed by atoms with Gasteiger partial charge >= 0.3 is 0 Å². The zero-order valence-corrected chi connectivity index (χ0v) is 25.9. The molecule has 0 amide bonds. The van der Waals surface area contributed by atoms with Crippen molar-refractivity contribution in [3.05, 3.63) is 176 Å². The first-order valence-corrected chi connectivity index (χ1v) is 16.5. The molecule has 0 bridgehead atoms. The monoisotopic (exact) mass is 603 g/mol. The van der Waals surface area contributed by atoms with Crippen LogP contribution >= 0.6 is 11.3 Å². The van der Waals surface area contributed by atoms with Gasteiger partial charge in [-0.05, 0) is 75.5 Å². The summed E-state index contributed by atoms with van der Waals surface area (Å²) >= 11 is 1.88. The van der Waals surface area contributed by atoms with E-state index in [1.54, 1.807) is 0 Å². The maximum absolute atomic E-state index is 2.40. The van der Waals surface area contributed by atoms with E-state index in [4.69, 9.17) is 0 Å². The third kappa shape index (κ3) is 4.54. The van der Waals surface area contributed by atoms with Gasteiger partial charge in [-0.25, -0.2) is 0 Å².